The highest BCUT2D eigenvalue weighted by Crippen LogP contribution is 2.21. The highest BCUT2D eigenvalue weighted by atomic mass is 32.2. The summed E-state index contributed by atoms with van der Waals surface area (Å²) in [5, 5.41) is 0. The smallest absolute Gasteiger partial charge is 0.227 e. The third-order valence-corrected chi connectivity index (χ3v) is 5.59. The van der Waals surface area contributed by atoms with Crippen molar-refractivity contribution in [2.24, 2.45) is 5.92 Å². The zero-order valence-electron chi connectivity index (χ0n) is 13.7. The Bertz CT molecular complexity index is 491. The van der Waals surface area contributed by atoms with Crippen LogP contribution in [0.15, 0.2) is 35.2 Å². The Balaban J connectivity index is 1.43. The Morgan fingerprint density at radius 1 is 1.17 bits per heavy atom. The van der Waals surface area contributed by atoms with E-state index in [1.807, 2.05) is 16.7 Å². The van der Waals surface area contributed by atoms with E-state index >= 15 is 0 Å². The van der Waals surface area contributed by atoms with Crippen LogP contribution < -0.4 is 0 Å². The third-order valence-electron chi connectivity index (χ3n) is 4.60. The molecule has 0 aliphatic carbocycles. The van der Waals surface area contributed by atoms with Gasteiger partial charge in [-0.3, -0.25) is 4.79 Å². The van der Waals surface area contributed by atoms with Crippen molar-refractivity contribution in [3.05, 3.63) is 30.3 Å². The van der Waals surface area contributed by atoms with Gasteiger partial charge in [0.25, 0.3) is 0 Å². The third kappa shape index (κ3) is 4.96. The van der Waals surface area contributed by atoms with Crippen LogP contribution in [0.4, 0.5) is 0 Å². The van der Waals surface area contributed by atoms with E-state index < -0.39 is 0 Å². The molecular formula is C18H26N2O2S. The Kier molecular flexibility index (Phi) is 6.37. The molecule has 2 heterocycles. The van der Waals surface area contributed by atoms with E-state index in [9.17, 15) is 4.79 Å². The second kappa shape index (κ2) is 8.71. The molecule has 1 atom stereocenters. The minimum Gasteiger partial charge on any atom is -0.378 e. The summed E-state index contributed by atoms with van der Waals surface area (Å²) in [5.74, 6) is 1.61. The molecule has 2 aliphatic rings. The molecule has 0 saturated carbocycles. The van der Waals surface area contributed by atoms with Crippen LogP contribution in [0.25, 0.3) is 0 Å². The normalized spacial score (nSPS) is 23.0. The molecular weight excluding hydrogens is 308 g/mol. The molecule has 1 amide bonds. The monoisotopic (exact) mass is 334 g/mol. The minimum atomic E-state index is 0.184. The Morgan fingerprint density at radius 2 is 1.96 bits per heavy atom. The lowest BCUT2D eigenvalue weighted by Crippen LogP contribution is -2.48. The van der Waals surface area contributed by atoms with E-state index in [1.165, 1.54) is 4.90 Å². The van der Waals surface area contributed by atoms with Gasteiger partial charge in [0.05, 0.1) is 19.1 Å². The highest BCUT2D eigenvalue weighted by Gasteiger charge is 2.29. The number of carbonyl (C=O) groups is 1. The number of hydrogen-bond donors (Lipinski definition) is 0. The van der Waals surface area contributed by atoms with Crippen molar-refractivity contribution < 1.29 is 9.53 Å². The first-order chi connectivity index (χ1) is 11.3. The standard InChI is InChI=1S/C18H26N2O2S/c21-18(20-9-12-22-13-10-20)16-5-4-8-19(15-16)11-14-23-17-6-2-1-3-7-17/h1-3,6-7,16H,4-5,8-15H2. The number of amides is 1. The maximum Gasteiger partial charge on any atom is 0.227 e. The van der Waals surface area contributed by atoms with Crippen LogP contribution >= 0.6 is 11.8 Å². The number of likely N-dealkylation sites (tertiary alicyclic amines) is 1. The summed E-state index contributed by atoms with van der Waals surface area (Å²) in [6.45, 7) is 6.02. The zero-order valence-corrected chi connectivity index (χ0v) is 14.5. The molecule has 1 unspecified atom stereocenters. The van der Waals surface area contributed by atoms with Gasteiger partial charge in [0, 0.05) is 36.8 Å². The van der Waals surface area contributed by atoms with Gasteiger partial charge in [-0.2, -0.15) is 0 Å². The van der Waals surface area contributed by atoms with E-state index in [2.05, 4.69) is 35.2 Å². The summed E-state index contributed by atoms with van der Waals surface area (Å²) in [4.78, 5) is 18.4. The van der Waals surface area contributed by atoms with E-state index in [1.54, 1.807) is 0 Å². The number of rotatable bonds is 5. The van der Waals surface area contributed by atoms with Gasteiger partial charge in [-0.05, 0) is 31.5 Å². The topological polar surface area (TPSA) is 32.8 Å². The number of benzene rings is 1. The van der Waals surface area contributed by atoms with Crippen LogP contribution in [0.3, 0.4) is 0 Å². The Labute approximate surface area is 143 Å². The van der Waals surface area contributed by atoms with Crippen LogP contribution in [0, 0.1) is 5.92 Å². The van der Waals surface area contributed by atoms with Gasteiger partial charge >= 0.3 is 0 Å². The number of morpholine rings is 1. The molecule has 2 saturated heterocycles. The second-order valence-corrected chi connectivity index (χ2v) is 7.41. The lowest BCUT2D eigenvalue weighted by molar-refractivity contribution is -0.141. The molecule has 3 rings (SSSR count). The molecule has 1 aromatic rings. The molecule has 1 aromatic carbocycles. The van der Waals surface area contributed by atoms with Gasteiger partial charge in [0.15, 0.2) is 0 Å². The molecule has 126 valence electrons. The lowest BCUT2D eigenvalue weighted by atomic mass is 9.96. The van der Waals surface area contributed by atoms with Crippen LogP contribution in [0.2, 0.25) is 0 Å². The molecule has 0 N–H and O–H groups in total. The predicted octanol–water partition coefficient (Wildman–Crippen LogP) is 2.35. The largest absolute Gasteiger partial charge is 0.378 e. The number of thioether (sulfide) groups is 1. The number of hydrogen-bond acceptors (Lipinski definition) is 4. The van der Waals surface area contributed by atoms with Crippen LogP contribution in [0.5, 0.6) is 0 Å². The molecule has 5 heteroatoms. The fraction of sp³-hybridized carbons (Fsp3) is 0.611. The number of nitrogens with zero attached hydrogens (tertiary/aromatic N) is 2. The molecule has 23 heavy (non-hydrogen) atoms. The SMILES string of the molecule is O=C(C1CCCN(CCSc2ccccc2)C1)N1CCOCC1. The molecule has 0 radical (unpaired) electrons. The molecule has 0 aromatic heterocycles. The van der Waals surface area contributed by atoms with E-state index in [-0.39, 0.29) is 5.92 Å². The summed E-state index contributed by atoms with van der Waals surface area (Å²) in [5.41, 5.74) is 0. The van der Waals surface area contributed by atoms with Crippen LogP contribution in [-0.4, -0.2) is 67.4 Å². The maximum absolute atomic E-state index is 12.6. The van der Waals surface area contributed by atoms with Crippen molar-refractivity contribution in [1.29, 1.82) is 0 Å². The molecule has 4 nitrogen and oxygen atoms in total. The van der Waals surface area contributed by atoms with Crippen molar-refractivity contribution in [3.8, 4) is 0 Å². The minimum absolute atomic E-state index is 0.184. The maximum atomic E-state index is 12.6. The summed E-state index contributed by atoms with van der Waals surface area (Å²) in [6, 6.07) is 10.5. The fourth-order valence-electron chi connectivity index (χ4n) is 3.31. The highest BCUT2D eigenvalue weighted by molar-refractivity contribution is 7.99. The summed E-state index contributed by atoms with van der Waals surface area (Å²) >= 11 is 1.90. The number of carbonyl (C=O) groups excluding carboxylic acids is 1. The lowest BCUT2D eigenvalue weighted by Gasteiger charge is -2.36. The molecule has 0 bridgehead atoms. The van der Waals surface area contributed by atoms with Crippen LogP contribution in [0.1, 0.15) is 12.8 Å². The average Bonchev–Trinajstić information content (AvgIpc) is 2.63. The van der Waals surface area contributed by atoms with E-state index in [0.29, 0.717) is 19.1 Å². The predicted molar refractivity (Wildman–Crippen MR) is 93.7 cm³/mol. The van der Waals surface area contributed by atoms with Gasteiger partial charge < -0.3 is 14.5 Å². The van der Waals surface area contributed by atoms with Gasteiger partial charge in [-0.15, -0.1) is 11.8 Å². The van der Waals surface area contributed by atoms with Gasteiger partial charge in [-0.25, -0.2) is 0 Å². The Morgan fingerprint density at radius 3 is 2.74 bits per heavy atom. The second-order valence-electron chi connectivity index (χ2n) is 6.24. The van der Waals surface area contributed by atoms with Crippen LogP contribution in [-0.2, 0) is 9.53 Å². The van der Waals surface area contributed by atoms with Gasteiger partial charge in [0.1, 0.15) is 0 Å². The first kappa shape index (κ1) is 16.8. The number of ether oxygens (including phenoxy) is 1. The zero-order chi connectivity index (χ0) is 15.9. The first-order valence-corrected chi connectivity index (χ1v) is 9.58. The average molecular weight is 334 g/mol. The summed E-state index contributed by atoms with van der Waals surface area (Å²) in [7, 11) is 0. The van der Waals surface area contributed by atoms with E-state index in [0.717, 1.165) is 51.3 Å². The van der Waals surface area contributed by atoms with Crippen molar-refractivity contribution in [2.45, 2.75) is 17.7 Å². The van der Waals surface area contributed by atoms with Crippen molar-refractivity contribution in [1.82, 2.24) is 9.80 Å². The Hall–Kier alpha value is -1.04. The quantitative estimate of drug-likeness (QED) is 0.774. The van der Waals surface area contributed by atoms with E-state index in [4.69, 9.17) is 4.74 Å². The fourth-order valence-corrected chi connectivity index (χ4v) is 4.25. The van der Waals surface area contributed by atoms with Gasteiger partial charge in [-0.1, -0.05) is 18.2 Å². The van der Waals surface area contributed by atoms with Crippen molar-refractivity contribution in [2.75, 3.05) is 51.7 Å². The molecule has 2 aliphatic heterocycles. The molecule has 2 fully saturated rings. The number of piperidine rings is 1. The summed E-state index contributed by atoms with van der Waals surface area (Å²) in [6.07, 6.45) is 2.18. The summed E-state index contributed by atoms with van der Waals surface area (Å²) < 4.78 is 5.35. The van der Waals surface area contributed by atoms with Crippen molar-refractivity contribution >= 4 is 17.7 Å². The molecule has 0 spiro atoms. The first-order valence-electron chi connectivity index (χ1n) is 8.59. The van der Waals surface area contributed by atoms with Gasteiger partial charge in [0.2, 0.25) is 5.91 Å². The van der Waals surface area contributed by atoms with Crippen molar-refractivity contribution in [3.63, 3.8) is 0 Å².